The van der Waals surface area contributed by atoms with E-state index in [0.29, 0.717) is 10.9 Å². The van der Waals surface area contributed by atoms with E-state index in [1.807, 2.05) is 12.1 Å². The Kier molecular flexibility index (Phi) is 7.39. The highest BCUT2D eigenvalue weighted by Gasteiger charge is 2.21. The highest BCUT2D eigenvalue weighted by molar-refractivity contribution is 9.10. The van der Waals surface area contributed by atoms with Gasteiger partial charge in [0, 0.05) is 41.9 Å². The van der Waals surface area contributed by atoms with Crippen molar-refractivity contribution >= 4 is 43.5 Å². The number of carbonyl (C=O) groups excluding carboxylic acids is 1. The van der Waals surface area contributed by atoms with Crippen LogP contribution >= 0.6 is 15.9 Å². The molecule has 2 N–H and O–H groups in total. The zero-order valence-corrected chi connectivity index (χ0v) is 19.4. The van der Waals surface area contributed by atoms with Crippen molar-refractivity contribution in [2.24, 2.45) is 0 Å². The van der Waals surface area contributed by atoms with Gasteiger partial charge in [0.1, 0.15) is 0 Å². The first-order valence-corrected chi connectivity index (χ1v) is 11.7. The first-order valence-electron chi connectivity index (χ1n) is 9.49. The van der Waals surface area contributed by atoms with Crippen molar-refractivity contribution in [3.63, 3.8) is 0 Å². The molecule has 8 nitrogen and oxygen atoms in total. The van der Waals surface area contributed by atoms with E-state index in [2.05, 4.69) is 26.2 Å². The molecule has 0 aliphatic rings. The number of aromatic nitrogens is 1. The Morgan fingerprint density at radius 3 is 2.44 bits per heavy atom. The summed E-state index contributed by atoms with van der Waals surface area (Å²) in [6, 6.07) is 15.4. The van der Waals surface area contributed by atoms with Gasteiger partial charge in [-0.05, 0) is 54.6 Å². The minimum atomic E-state index is -3.74. The minimum absolute atomic E-state index is 0.0486. The molecule has 166 valence electrons. The monoisotopic (exact) mass is 517 g/mol. The summed E-state index contributed by atoms with van der Waals surface area (Å²) >= 11 is 3.20. The molecule has 0 aliphatic heterocycles. The Bertz CT molecular complexity index is 1230. The summed E-state index contributed by atoms with van der Waals surface area (Å²) < 4.78 is 27.4. The van der Waals surface area contributed by atoms with E-state index in [4.69, 9.17) is 0 Å². The number of carboxylic acid groups (broad SMARTS) is 1. The van der Waals surface area contributed by atoms with Gasteiger partial charge in [-0.25, -0.2) is 17.5 Å². The van der Waals surface area contributed by atoms with Gasteiger partial charge < -0.3 is 10.4 Å². The van der Waals surface area contributed by atoms with Crippen LogP contribution in [0.3, 0.4) is 0 Å². The van der Waals surface area contributed by atoms with Gasteiger partial charge in [0.25, 0.3) is 5.91 Å². The zero-order chi connectivity index (χ0) is 23.3. The molecule has 10 heteroatoms. The summed E-state index contributed by atoms with van der Waals surface area (Å²) in [7, 11) is -2.26. The van der Waals surface area contributed by atoms with Gasteiger partial charge in [0.2, 0.25) is 10.0 Å². The summed E-state index contributed by atoms with van der Waals surface area (Å²) in [5, 5.41) is 11.9. The van der Waals surface area contributed by atoms with Gasteiger partial charge in [0.15, 0.2) is 0 Å². The van der Waals surface area contributed by atoms with Crippen LogP contribution in [0.4, 0.5) is 5.69 Å². The predicted molar refractivity (Wildman–Crippen MR) is 123 cm³/mol. The number of hydrogen-bond acceptors (Lipinski definition) is 5. The second-order valence-corrected chi connectivity index (χ2v) is 9.83. The van der Waals surface area contributed by atoms with E-state index < -0.39 is 21.9 Å². The molecule has 0 bridgehead atoms. The summed E-state index contributed by atoms with van der Waals surface area (Å²) in [4.78, 5) is 28.2. The SMILES string of the molecule is CN(CCc1ccccn1)S(=O)(=O)c1ccc(C(=O)Nc2ccc(Br)cc2C(=O)O)cc1. The lowest BCUT2D eigenvalue weighted by atomic mass is 10.1. The summed E-state index contributed by atoms with van der Waals surface area (Å²) in [6.45, 7) is 0.253. The number of rotatable bonds is 8. The predicted octanol–water partition coefficient (Wildman–Crippen LogP) is 3.66. The number of nitrogens with one attached hydrogen (secondary N) is 1. The minimum Gasteiger partial charge on any atom is -0.478 e. The number of aromatic carboxylic acids is 1. The van der Waals surface area contributed by atoms with Crippen molar-refractivity contribution in [2.45, 2.75) is 11.3 Å². The van der Waals surface area contributed by atoms with Crippen molar-refractivity contribution in [3.05, 3.63) is 88.2 Å². The maximum Gasteiger partial charge on any atom is 0.337 e. The van der Waals surface area contributed by atoms with E-state index in [0.717, 1.165) is 5.69 Å². The number of carboxylic acids is 1. The first-order chi connectivity index (χ1) is 15.2. The molecule has 0 radical (unpaired) electrons. The van der Waals surface area contributed by atoms with Gasteiger partial charge in [-0.15, -0.1) is 0 Å². The molecule has 32 heavy (non-hydrogen) atoms. The van der Waals surface area contributed by atoms with Crippen molar-refractivity contribution in [2.75, 3.05) is 18.9 Å². The second kappa shape index (κ2) is 10.0. The standard InChI is InChI=1S/C22H20BrN3O5S/c1-26(13-11-17-4-2-3-12-24-17)32(30,31)18-8-5-15(6-9-18)21(27)25-20-10-7-16(23)14-19(20)22(28)29/h2-10,12,14H,11,13H2,1H3,(H,25,27)(H,28,29). The molecule has 0 saturated carbocycles. The lowest BCUT2D eigenvalue weighted by Gasteiger charge is -2.17. The third kappa shape index (κ3) is 5.58. The van der Waals surface area contributed by atoms with Crippen molar-refractivity contribution in [1.82, 2.24) is 9.29 Å². The highest BCUT2D eigenvalue weighted by Crippen LogP contribution is 2.22. The number of likely N-dealkylation sites (N-methyl/N-ethyl adjacent to an activating group) is 1. The molecule has 0 unspecified atom stereocenters. The zero-order valence-electron chi connectivity index (χ0n) is 17.0. The van der Waals surface area contributed by atoms with Crippen LogP contribution < -0.4 is 5.32 Å². The maximum atomic E-state index is 12.8. The molecule has 0 spiro atoms. The molecule has 0 atom stereocenters. The number of hydrogen-bond donors (Lipinski definition) is 2. The quantitative estimate of drug-likeness (QED) is 0.470. The van der Waals surface area contributed by atoms with Crippen LogP contribution in [0.5, 0.6) is 0 Å². The smallest absolute Gasteiger partial charge is 0.337 e. The van der Waals surface area contributed by atoms with E-state index in [9.17, 15) is 23.1 Å². The average molecular weight is 518 g/mol. The Balaban J connectivity index is 1.71. The van der Waals surface area contributed by atoms with Gasteiger partial charge in [-0.1, -0.05) is 22.0 Å². The Morgan fingerprint density at radius 2 is 1.81 bits per heavy atom. The Hall–Kier alpha value is -3.08. The number of carbonyl (C=O) groups is 2. The maximum absolute atomic E-state index is 12.8. The van der Waals surface area contributed by atoms with Crippen LogP contribution in [0, 0.1) is 0 Å². The molecule has 3 aromatic rings. The molecule has 3 rings (SSSR count). The number of amides is 1. The number of pyridine rings is 1. The van der Waals surface area contributed by atoms with E-state index in [-0.39, 0.29) is 28.3 Å². The fourth-order valence-corrected chi connectivity index (χ4v) is 4.43. The Labute approximate surface area is 194 Å². The van der Waals surface area contributed by atoms with Crippen LogP contribution in [-0.4, -0.2) is 48.3 Å². The average Bonchev–Trinajstić information content (AvgIpc) is 2.79. The summed E-state index contributed by atoms with van der Waals surface area (Å²) in [6.07, 6.45) is 2.12. The molecule has 2 aromatic carbocycles. The molecule has 0 aliphatic carbocycles. The van der Waals surface area contributed by atoms with Crippen LogP contribution in [0.25, 0.3) is 0 Å². The van der Waals surface area contributed by atoms with Crippen LogP contribution in [-0.2, 0) is 16.4 Å². The normalized spacial score (nSPS) is 11.3. The number of anilines is 1. The fourth-order valence-electron chi connectivity index (χ4n) is 2.89. The van der Waals surface area contributed by atoms with Crippen molar-refractivity contribution < 1.29 is 23.1 Å². The van der Waals surface area contributed by atoms with Crippen LogP contribution in [0.1, 0.15) is 26.4 Å². The fraction of sp³-hybridized carbons (Fsp3) is 0.136. The molecule has 0 saturated heterocycles. The van der Waals surface area contributed by atoms with Gasteiger partial charge in [-0.2, -0.15) is 0 Å². The largest absolute Gasteiger partial charge is 0.478 e. The topological polar surface area (TPSA) is 117 Å². The summed E-state index contributed by atoms with van der Waals surface area (Å²) in [5.74, 6) is -1.74. The molecule has 1 heterocycles. The van der Waals surface area contributed by atoms with Crippen molar-refractivity contribution in [1.29, 1.82) is 0 Å². The molecular formula is C22H20BrN3O5S. The lowest BCUT2D eigenvalue weighted by molar-refractivity contribution is 0.0698. The van der Waals surface area contributed by atoms with Crippen LogP contribution in [0.15, 0.2) is 76.2 Å². The molecule has 0 fully saturated rings. The number of sulfonamides is 1. The second-order valence-electron chi connectivity index (χ2n) is 6.87. The van der Waals surface area contributed by atoms with Crippen LogP contribution in [0.2, 0.25) is 0 Å². The number of halogens is 1. The third-order valence-electron chi connectivity index (χ3n) is 4.69. The number of benzene rings is 2. The van der Waals surface area contributed by atoms with Gasteiger partial charge >= 0.3 is 5.97 Å². The van der Waals surface area contributed by atoms with Gasteiger partial charge in [-0.3, -0.25) is 9.78 Å². The lowest BCUT2D eigenvalue weighted by Crippen LogP contribution is -2.29. The molecule has 1 aromatic heterocycles. The van der Waals surface area contributed by atoms with Crippen molar-refractivity contribution in [3.8, 4) is 0 Å². The first kappa shape index (κ1) is 23.6. The molecular weight excluding hydrogens is 498 g/mol. The third-order valence-corrected chi connectivity index (χ3v) is 7.06. The highest BCUT2D eigenvalue weighted by atomic mass is 79.9. The summed E-state index contributed by atoms with van der Waals surface area (Å²) in [5.41, 5.74) is 1.05. The molecule has 1 amide bonds. The van der Waals surface area contributed by atoms with E-state index in [1.165, 1.54) is 47.8 Å². The van der Waals surface area contributed by atoms with E-state index in [1.54, 1.807) is 18.3 Å². The van der Waals surface area contributed by atoms with E-state index >= 15 is 0 Å². The Morgan fingerprint density at radius 1 is 1.09 bits per heavy atom. The number of nitrogens with zero attached hydrogens (tertiary/aromatic N) is 2. The van der Waals surface area contributed by atoms with Gasteiger partial charge in [0.05, 0.1) is 16.1 Å².